The van der Waals surface area contributed by atoms with Crippen molar-refractivity contribution in [2.24, 2.45) is 0 Å². The number of amides is 1. The van der Waals surface area contributed by atoms with Crippen LogP contribution in [0.1, 0.15) is 50.8 Å². The standard InChI is InChI=1S/C27H30FN5O8S/c1-5-27(37)17-10-21-22-15(12-33(21)23(34)16(17)13-40-24(27)35)8-14-9-20(18(28)11-19(14)31-22)32-42(38,39)30-7-6-29-25(36)41-26(2,3)4/h8-11,30,32,37H,5-7,12-13H2,1-4H3,(H,29,36)/t27-/m0/s1. The summed E-state index contributed by atoms with van der Waals surface area (Å²) in [4.78, 5) is 41.9. The summed E-state index contributed by atoms with van der Waals surface area (Å²) in [6.45, 7) is 6.30. The van der Waals surface area contributed by atoms with E-state index in [1.165, 1.54) is 10.6 Å². The van der Waals surface area contributed by atoms with Crippen molar-refractivity contribution >= 4 is 38.9 Å². The Labute approximate surface area is 240 Å². The summed E-state index contributed by atoms with van der Waals surface area (Å²) >= 11 is 0. The second-order valence-corrected chi connectivity index (χ2v) is 12.6. The Morgan fingerprint density at radius 1 is 1.21 bits per heavy atom. The molecule has 0 aliphatic carbocycles. The summed E-state index contributed by atoms with van der Waals surface area (Å²) in [5.74, 6) is -1.73. The lowest BCUT2D eigenvalue weighted by Gasteiger charge is -2.31. The van der Waals surface area contributed by atoms with Gasteiger partial charge in [0.2, 0.25) is 0 Å². The van der Waals surface area contributed by atoms with Crippen LogP contribution in [0.4, 0.5) is 14.9 Å². The average molecular weight is 604 g/mol. The highest BCUT2D eigenvalue weighted by molar-refractivity contribution is 7.90. The number of nitrogens with one attached hydrogen (secondary N) is 3. The molecule has 224 valence electrons. The second-order valence-electron chi connectivity index (χ2n) is 11.1. The van der Waals surface area contributed by atoms with Gasteiger partial charge in [0.25, 0.3) is 15.8 Å². The second kappa shape index (κ2) is 10.3. The molecular weight excluding hydrogens is 573 g/mol. The summed E-state index contributed by atoms with van der Waals surface area (Å²) in [6, 6.07) is 5.57. The number of halogens is 1. The lowest BCUT2D eigenvalue weighted by molar-refractivity contribution is -0.172. The van der Waals surface area contributed by atoms with E-state index in [2.05, 4.69) is 19.7 Å². The fourth-order valence-corrected chi connectivity index (χ4v) is 5.82. The van der Waals surface area contributed by atoms with E-state index in [4.69, 9.17) is 9.47 Å². The van der Waals surface area contributed by atoms with Gasteiger partial charge >= 0.3 is 12.1 Å². The van der Waals surface area contributed by atoms with Crippen molar-refractivity contribution in [3.05, 3.63) is 57.1 Å². The summed E-state index contributed by atoms with van der Waals surface area (Å²) < 4.78 is 56.0. The molecule has 0 spiro atoms. The van der Waals surface area contributed by atoms with Crippen LogP contribution in [0.25, 0.3) is 22.3 Å². The number of benzene rings is 1. The number of fused-ring (bicyclic) bond motifs is 5. The van der Waals surface area contributed by atoms with E-state index in [-0.39, 0.29) is 55.0 Å². The molecule has 2 aliphatic heterocycles. The molecular formula is C27H30FN5O8S. The Balaban J connectivity index is 1.38. The van der Waals surface area contributed by atoms with Crippen LogP contribution < -0.4 is 20.3 Å². The van der Waals surface area contributed by atoms with Crippen LogP contribution in [0.5, 0.6) is 0 Å². The van der Waals surface area contributed by atoms with Crippen LogP contribution in [-0.4, -0.2) is 53.8 Å². The third kappa shape index (κ3) is 5.42. The van der Waals surface area contributed by atoms with Crippen LogP contribution in [-0.2, 0) is 43.2 Å². The van der Waals surface area contributed by atoms with E-state index >= 15 is 4.39 Å². The molecule has 0 saturated heterocycles. The van der Waals surface area contributed by atoms with Crippen molar-refractivity contribution in [1.29, 1.82) is 0 Å². The molecule has 3 aromatic rings. The van der Waals surface area contributed by atoms with E-state index in [0.29, 0.717) is 22.3 Å². The Kier molecular flexibility index (Phi) is 7.23. The van der Waals surface area contributed by atoms with E-state index in [9.17, 15) is 27.9 Å². The quantitative estimate of drug-likeness (QED) is 0.182. The van der Waals surface area contributed by atoms with Gasteiger partial charge in [-0.25, -0.2) is 19.0 Å². The maximum atomic E-state index is 15.0. The number of anilines is 1. The Hall–Kier alpha value is -4.08. The predicted octanol–water partition coefficient (Wildman–Crippen LogP) is 1.99. The number of carbonyl (C=O) groups is 2. The first-order chi connectivity index (χ1) is 19.6. The van der Waals surface area contributed by atoms with Crippen molar-refractivity contribution < 1.29 is 37.0 Å². The van der Waals surface area contributed by atoms with Gasteiger partial charge in [-0.05, 0) is 45.4 Å². The van der Waals surface area contributed by atoms with Gasteiger partial charge in [0, 0.05) is 35.7 Å². The fraction of sp³-hybridized carbons (Fsp3) is 0.407. The van der Waals surface area contributed by atoms with Crippen molar-refractivity contribution in [3.63, 3.8) is 0 Å². The Morgan fingerprint density at radius 3 is 2.64 bits per heavy atom. The van der Waals surface area contributed by atoms with Gasteiger partial charge in [-0.1, -0.05) is 6.92 Å². The summed E-state index contributed by atoms with van der Waals surface area (Å²) in [7, 11) is -4.21. The predicted molar refractivity (Wildman–Crippen MR) is 149 cm³/mol. The van der Waals surface area contributed by atoms with E-state index in [1.807, 2.05) is 0 Å². The number of rotatable bonds is 7. The molecule has 0 unspecified atom stereocenters. The first-order valence-corrected chi connectivity index (χ1v) is 14.6. The van der Waals surface area contributed by atoms with Gasteiger partial charge in [0.1, 0.15) is 18.0 Å². The molecule has 0 fully saturated rings. The summed E-state index contributed by atoms with van der Waals surface area (Å²) in [6.07, 6.45) is -0.707. The first-order valence-electron chi connectivity index (χ1n) is 13.2. The Bertz CT molecular complexity index is 1800. The number of esters is 1. The minimum Gasteiger partial charge on any atom is -0.458 e. The van der Waals surface area contributed by atoms with Crippen LogP contribution >= 0.6 is 0 Å². The lowest BCUT2D eigenvalue weighted by atomic mass is 9.86. The largest absolute Gasteiger partial charge is 0.458 e. The molecule has 2 aromatic heterocycles. The number of nitrogens with zero attached hydrogens (tertiary/aromatic N) is 2. The zero-order valence-corrected chi connectivity index (χ0v) is 24.1. The zero-order chi connectivity index (χ0) is 30.6. The molecule has 1 atom stereocenters. The van der Waals surface area contributed by atoms with Crippen molar-refractivity contribution in [3.8, 4) is 11.4 Å². The number of pyridine rings is 2. The summed E-state index contributed by atoms with van der Waals surface area (Å²) in [5.41, 5.74) is -1.54. The minimum absolute atomic E-state index is 0.00125. The van der Waals surface area contributed by atoms with Crippen LogP contribution in [0, 0.1) is 5.82 Å². The van der Waals surface area contributed by atoms with Crippen molar-refractivity contribution in [2.75, 3.05) is 17.8 Å². The normalized spacial score (nSPS) is 17.7. The number of aromatic nitrogens is 2. The molecule has 0 radical (unpaired) electrons. The van der Waals surface area contributed by atoms with Crippen LogP contribution in [0.15, 0.2) is 29.1 Å². The van der Waals surface area contributed by atoms with Gasteiger partial charge in [-0.15, -0.1) is 0 Å². The molecule has 0 saturated carbocycles. The maximum Gasteiger partial charge on any atom is 0.407 e. The molecule has 0 bridgehead atoms. The third-order valence-electron chi connectivity index (χ3n) is 6.93. The molecule has 4 heterocycles. The highest BCUT2D eigenvalue weighted by Gasteiger charge is 2.45. The first kappa shape index (κ1) is 29.4. The highest BCUT2D eigenvalue weighted by atomic mass is 32.2. The van der Waals surface area contributed by atoms with Crippen LogP contribution in [0.3, 0.4) is 0 Å². The topological polar surface area (TPSA) is 178 Å². The molecule has 42 heavy (non-hydrogen) atoms. The van der Waals surface area contributed by atoms with Crippen LogP contribution in [0.2, 0.25) is 0 Å². The molecule has 2 aliphatic rings. The number of alkyl carbamates (subject to hydrolysis) is 1. The molecule has 1 amide bonds. The number of hydrogen-bond acceptors (Lipinski definition) is 9. The van der Waals surface area contributed by atoms with Crippen molar-refractivity contribution in [2.45, 2.75) is 58.5 Å². The monoisotopic (exact) mass is 603 g/mol. The van der Waals surface area contributed by atoms with E-state index in [0.717, 1.165) is 6.07 Å². The third-order valence-corrected chi connectivity index (χ3v) is 8.00. The smallest absolute Gasteiger partial charge is 0.407 e. The average Bonchev–Trinajstić information content (AvgIpc) is 3.25. The fourth-order valence-electron chi connectivity index (χ4n) is 4.93. The van der Waals surface area contributed by atoms with E-state index in [1.54, 1.807) is 39.8 Å². The molecule has 15 heteroatoms. The summed E-state index contributed by atoms with van der Waals surface area (Å²) in [5, 5.41) is 13.8. The molecule has 1 aromatic carbocycles. The van der Waals surface area contributed by atoms with Gasteiger partial charge in [-0.3, -0.25) is 9.52 Å². The number of ether oxygens (including phenoxy) is 2. The number of carbonyl (C=O) groups excluding carboxylic acids is 2. The SMILES string of the molecule is CC[C@@]1(O)C(=O)OCc2c1cc1n(c2=O)Cc2cc3cc(NS(=O)(=O)NCCNC(=O)OC(C)(C)C)c(F)cc3nc2-1. The molecule has 4 N–H and O–H groups in total. The van der Waals surface area contributed by atoms with Gasteiger partial charge in [-0.2, -0.15) is 13.1 Å². The molecule has 13 nitrogen and oxygen atoms in total. The van der Waals surface area contributed by atoms with Gasteiger partial charge in [0.15, 0.2) is 5.60 Å². The molecule has 5 rings (SSSR count). The number of hydrogen-bond donors (Lipinski definition) is 4. The van der Waals surface area contributed by atoms with Crippen molar-refractivity contribution in [1.82, 2.24) is 19.6 Å². The lowest BCUT2D eigenvalue weighted by Crippen LogP contribution is -2.44. The van der Waals surface area contributed by atoms with Gasteiger partial charge < -0.3 is 24.5 Å². The zero-order valence-electron chi connectivity index (χ0n) is 23.3. The Morgan fingerprint density at radius 2 is 1.95 bits per heavy atom. The van der Waals surface area contributed by atoms with E-state index < -0.39 is 44.9 Å². The minimum atomic E-state index is -4.21. The number of aliphatic hydroxyl groups is 1. The highest BCUT2D eigenvalue weighted by Crippen LogP contribution is 2.39. The van der Waals surface area contributed by atoms with Gasteiger partial charge in [0.05, 0.1) is 34.7 Å². The number of cyclic esters (lactones) is 1. The maximum absolute atomic E-state index is 15.0.